The average molecular weight is 521 g/mol. The molecular formula is C32H28N2O5. The highest BCUT2D eigenvalue weighted by Crippen LogP contribution is 2.27. The SMILES string of the molecule is Cc1cc(N(C(=O)c2ccccc2C)C(=O)c2ccc(NC(=O)c3ccccc3C)cc2C)ccc1C(=O)O. The number of aromatic carboxylic acids is 1. The number of aryl methyl sites for hydroxylation is 4. The van der Waals surface area contributed by atoms with Gasteiger partial charge in [0.1, 0.15) is 0 Å². The summed E-state index contributed by atoms with van der Waals surface area (Å²) in [5.41, 5.74) is 4.53. The predicted molar refractivity (Wildman–Crippen MR) is 151 cm³/mol. The Morgan fingerprint density at radius 1 is 0.590 bits per heavy atom. The van der Waals surface area contributed by atoms with E-state index in [1.54, 1.807) is 75.4 Å². The quantitative estimate of drug-likeness (QED) is 0.288. The Morgan fingerprint density at radius 2 is 1.10 bits per heavy atom. The number of benzene rings is 4. The van der Waals surface area contributed by atoms with Crippen molar-refractivity contribution in [1.29, 1.82) is 0 Å². The Balaban J connectivity index is 1.72. The summed E-state index contributed by atoms with van der Waals surface area (Å²) in [4.78, 5) is 53.1. The maximum atomic E-state index is 13.9. The van der Waals surface area contributed by atoms with Gasteiger partial charge in [-0.15, -0.1) is 0 Å². The van der Waals surface area contributed by atoms with Crippen molar-refractivity contribution >= 4 is 35.1 Å². The van der Waals surface area contributed by atoms with Crippen molar-refractivity contribution in [3.05, 3.63) is 129 Å². The summed E-state index contributed by atoms with van der Waals surface area (Å²) in [6.07, 6.45) is 0. The normalized spacial score (nSPS) is 10.6. The molecular weight excluding hydrogens is 492 g/mol. The molecule has 0 aliphatic carbocycles. The van der Waals surface area contributed by atoms with Crippen molar-refractivity contribution in [2.45, 2.75) is 27.7 Å². The van der Waals surface area contributed by atoms with Crippen molar-refractivity contribution in [2.24, 2.45) is 0 Å². The lowest BCUT2D eigenvalue weighted by Crippen LogP contribution is -2.38. The van der Waals surface area contributed by atoms with Crippen LogP contribution in [0, 0.1) is 27.7 Å². The molecule has 0 atom stereocenters. The molecule has 0 unspecified atom stereocenters. The minimum absolute atomic E-state index is 0.0828. The van der Waals surface area contributed by atoms with E-state index in [1.807, 2.05) is 19.1 Å². The molecule has 0 aliphatic rings. The van der Waals surface area contributed by atoms with Gasteiger partial charge in [-0.3, -0.25) is 14.4 Å². The molecule has 0 saturated heterocycles. The maximum absolute atomic E-state index is 13.9. The zero-order valence-electron chi connectivity index (χ0n) is 22.1. The number of hydrogen-bond acceptors (Lipinski definition) is 4. The fourth-order valence-corrected chi connectivity index (χ4v) is 4.41. The zero-order valence-corrected chi connectivity index (χ0v) is 22.1. The molecule has 7 heteroatoms. The van der Waals surface area contributed by atoms with Crippen LogP contribution in [0.3, 0.4) is 0 Å². The van der Waals surface area contributed by atoms with Gasteiger partial charge in [0, 0.05) is 22.4 Å². The number of amides is 3. The van der Waals surface area contributed by atoms with Gasteiger partial charge < -0.3 is 10.4 Å². The first-order valence-corrected chi connectivity index (χ1v) is 12.3. The zero-order chi connectivity index (χ0) is 28.3. The standard InChI is InChI=1S/C32H28N2O5/c1-19-9-5-7-11-25(19)29(35)33-23-13-15-27(21(3)17-23)31(37)34(30(36)26-12-8-6-10-20(26)2)24-14-16-28(32(38)39)22(4)18-24/h5-18H,1-4H3,(H,33,35)(H,38,39). The molecule has 0 bridgehead atoms. The van der Waals surface area contributed by atoms with Crippen molar-refractivity contribution in [2.75, 3.05) is 10.2 Å². The van der Waals surface area contributed by atoms with Crippen LogP contribution in [0.5, 0.6) is 0 Å². The molecule has 4 aromatic rings. The predicted octanol–water partition coefficient (Wildman–Crippen LogP) is 6.36. The first-order valence-electron chi connectivity index (χ1n) is 12.3. The van der Waals surface area contributed by atoms with Gasteiger partial charge in [0.2, 0.25) is 0 Å². The highest BCUT2D eigenvalue weighted by molar-refractivity contribution is 6.26. The van der Waals surface area contributed by atoms with Crippen molar-refractivity contribution in [3.63, 3.8) is 0 Å². The number of imide groups is 1. The largest absolute Gasteiger partial charge is 0.478 e. The summed E-state index contributed by atoms with van der Waals surface area (Å²) in [7, 11) is 0. The highest BCUT2D eigenvalue weighted by Gasteiger charge is 2.29. The molecule has 0 saturated carbocycles. The second kappa shape index (κ2) is 11.1. The first-order chi connectivity index (χ1) is 18.6. The molecule has 0 heterocycles. The summed E-state index contributed by atoms with van der Waals surface area (Å²) in [5, 5.41) is 12.3. The van der Waals surface area contributed by atoms with Crippen LogP contribution in [0.4, 0.5) is 11.4 Å². The van der Waals surface area contributed by atoms with E-state index in [1.165, 1.54) is 18.2 Å². The molecule has 4 aromatic carbocycles. The molecule has 0 aliphatic heterocycles. The molecule has 0 radical (unpaired) electrons. The highest BCUT2D eigenvalue weighted by atomic mass is 16.4. The van der Waals surface area contributed by atoms with Gasteiger partial charge in [-0.05, 0) is 98.5 Å². The van der Waals surface area contributed by atoms with Crippen molar-refractivity contribution in [3.8, 4) is 0 Å². The fourth-order valence-electron chi connectivity index (χ4n) is 4.41. The second-order valence-corrected chi connectivity index (χ2v) is 9.36. The van der Waals surface area contributed by atoms with Crippen LogP contribution in [-0.4, -0.2) is 28.8 Å². The monoisotopic (exact) mass is 520 g/mol. The van der Waals surface area contributed by atoms with Crippen LogP contribution in [0.2, 0.25) is 0 Å². The Labute approximate surface area is 226 Å². The van der Waals surface area contributed by atoms with E-state index < -0.39 is 17.8 Å². The third-order valence-electron chi connectivity index (χ3n) is 6.58. The molecule has 0 fully saturated rings. The number of carboxylic acids is 1. The lowest BCUT2D eigenvalue weighted by Gasteiger charge is -2.24. The Kier molecular flexibility index (Phi) is 7.72. The van der Waals surface area contributed by atoms with Crippen LogP contribution in [0.25, 0.3) is 0 Å². The van der Waals surface area contributed by atoms with Gasteiger partial charge in [-0.1, -0.05) is 36.4 Å². The number of carboxylic acid groups (broad SMARTS) is 1. The Hall–Kier alpha value is -5.04. The average Bonchev–Trinajstić information content (AvgIpc) is 2.89. The molecule has 4 rings (SSSR count). The van der Waals surface area contributed by atoms with Crippen LogP contribution < -0.4 is 10.2 Å². The fraction of sp³-hybridized carbons (Fsp3) is 0.125. The number of hydrogen-bond donors (Lipinski definition) is 2. The molecule has 3 amide bonds. The van der Waals surface area contributed by atoms with E-state index in [4.69, 9.17) is 0 Å². The number of nitrogens with one attached hydrogen (secondary N) is 1. The van der Waals surface area contributed by atoms with Crippen LogP contribution in [-0.2, 0) is 0 Å². The van der Waals surface area contributed by atoms with Crippen LogP contribution in [0.15, 0.2) is 84.9 Å². The molecule has 0 aromatic heterocycles. The van der Waals surface area contributed by atoms with Gasteiger partial charge in [0.15, 0.2) is 0 Å². The van der Waals surface area contributed by atoms with Crippen molar-refractivity contribution < 1.29 is 24.3 Å². The molecule has 196 valence electrons. The van der Waals surface area contributed by atoms with E-state index in [2.05, 4.69) is 5.32 Å². The molecule has 39 heavy (non-hydrogen) atoms. The molecule has 7 nitrogen and oxygen atoms in total. The number of carbonyl (C=O) groups is 4. The van der Waals surface area contributed by atoms with E-state index in [9.17, 15) is 24.3 Å². The number of anilines is 2. The summed E-state index contributed by atoms with van der Waals surface area (Å²) in [6, 6.07) is 23.4. The lowest BCUT2D eigenvalue weighted by atomic mass is 10.0. The van der Waals surface area contributed by atoms with Gasteiger partial charge in [-0.2, -0.15) is 0 Å². The van der Waals surface area contributed by atoms with Gasteiger partial charge in [0.25, 0.3) is 17.7 Å². The maximum Gasteiger partial charge on any atom is 0.335 e. The van der Waals surface area contributed by atoms with Gasteiger partial charge in [-0.25, -0.2) is 9.69 Å². The minimum atomic E-state index is -1.10. The van der Waals surface area contributed by atoms with E-state index >= 15 is 0 Å². The second-order valence-electron chi connectivity index (χ2n) is 9.36. The number of nitrogens with zero attached hydrogens (tertiary/aromatic N) is 1. The third kappa shape index (κ3) is 5.62. The van der Waals surface area contributed by atoms with E-state index in [0.29, 0.717) is 33.5 Å². The summed E-state index contributed by atoms with van der Waals surface area (Å²) < 4.78 is 0. The molecule has 0 spiro atoms. The van der Waals surface area contributed by atoms with Crippen molar-refractivity contribution in [1.82, 2.24) is 0 Å². The topological polar surface area (TPSA) is 104 Å². The molecule has 2 N–H and O–H groups in total. The minimum Gasteiger partial charge on any atom is -0.478 e. The Morgan fingerprint density at radius 3 is 1.64 bits per heavy atom. The lowest BCUT2D eigenvalue weighted by molar-refractivity contribution is 0.0695. The summed E-state index contributed by atoms with van der Waals surface area (Å²) in [6.45, 7) is 6.98. The Bertz CT molecular complexity index is 1620. The van der Waals surface area contributed by atoms with E-state index in [-0.39, 0.29) is 22.7 Å². The smallest absolute Gasteiger partial charge is 0.335 e. The summed E-state index contributed by atoms with van der Waals surface area (Å²) >= 11 is 0. The van der Waals surface area contributed by atoms with Crippen LogP contribution in [0.1, 0.15) is 63.7 Å². The first kappa shape index (κ1) is 27.0. The van der Waals surface area contributed by atoms with E-state index in [0.717, 1.165) is 10.5 Å². The van der Waals surface area contributed by atoms with Gasteiger partial charge in [0.05, 0.1) is 11.3 Å². The van der Waals surface area contributed by atoms with Crippen LogP contribution >= 0.6 is 0 Å². The number of carbonyl (C=O) groups excluding carboxylic acids is 3. The number of rotatable bonds is 6. The third-order valence-corrected chi connectivity index (χ3v) is 6.58. The van der Waals surface area contributed by atoms with Gasteiger partial charge >= 0.3 is 5.97 Å². The summed E-state index contributed by atoms with van der Waals surface area (Å²) in [5.74, 6) is -2.46.